The molecule has 0 bridgehead atoms. The van der Waals surface area contributed by atoms with Gasteiger partial charge in [-0.05, 0) is 24.1 Å². The molecule has 0 fully saturated rings. The molecule has 1 aromatic carbocycles. The lowest BCUT2D eigenvalue weighted by Crippen LogP contribution is -2.33. The van der Waals surface area contributed by atoms with Gasteiger partial charge >= 0.3 is 0 Å². The standard InChI is InChI=1S/C14H19N3O2/c1-3-6-17-14(18)10-16-9-11-4-5-12(8-15)13(7-11)19-2/h4-5,7,16H,3,6,9-10H2,1-2H3,(H,17,18). The van der Waals surface area contributed by atoms with Crippen molar-refractivity contribution in [3.05, 3.63) is 29.3 Å². The molecular weight excluding hydrogens is 242 g/mol. The van der Waals surface area contributed by atoms with Crippen LogP contribution >= 0.6 is 0 Å². The molecule has 2 N–H and O–H groups in total. The van der Waals surface area contributed by atoms with Crippen LogP contribution in [0.3, 0.4) is 0 Å². The molecular formula is C14H19N3O2. The maximum absolute atomic E-state index is 11.4. The highest BCUT2D eigenvalue weighted by molar-refractivity contribution is 5.77. The Balaban J connectivity index is 2.46. The van der Waals surface area contributed by atoms with Gasteiger partial charge in [0, 0.05) is 13.1 Å². The Labute approximate surface area is 113 Å². The van der Waals surface area contributed by atoms with Crippen LogP contribution in [0.2, 0.25) is 0 Å². The number of rotatable bonds is 7. The Bertz CT molecular complexity index is 466. The van der Waals surface area contributed by atoms with Crippen molar-refractivity contribution < 1.29 is 9.53 Å². The van der Waals surface area contributed by atoms with Crippen molar-refractivity contribution in [1.82, 2.24) is 10.6 Å². The van der Waals surface area contributed by atoms with E-state index < -0.39 is 0 Å². The average molecular weight is 261 g/mol. The molecule has 0 spiro atoms. The van der Waals surface area contributed by atoms with E-state index in [0.29, 0.717) is 24.4 Å². The summed E-state index contributed by atoms with van der Waals surface area (Å²) < 4.78 is 5.13. The lowest BCUT2D eigenvalue weighted by Gasteiger charge is -2.08. The summed E-state index contributed by atoms with van der Waals surface area (Å²) in [5.41, 5.74) is 1.48. The third-order valence-electron chi connectivity index (χ3n) is 2.57. The summed E-state index contributed by atoms with van der Waals surface area (Å²) in [5.74, 6) is 0.541. The summed E-state index contributed by atoms with van der Waals surface area (Å²) >= 11 is 0. The average Bonchev–Trinajstić information content (AvgIpc) is 2.44. The van der Waals surface area contributed by atoms with E-state index in [1.54, 1.807) is 12.1 Å². The van der Waals surface area contributed by atoms with Crippen molar-refractivity contribution in [1.29, 1.82) is 5.26 Å². The van der Waals surface area contributed by atoms with Gasteiger partial charge in [0.05, 0.1) is 19.2 Å². The van der Waals surface area contributed by atoms with Gasteiger partial charge in [0.2, 0.25) is 5.91 Å². The number of carbonyl (C=O) groups excluding carboxylic acids is 1. The van der Waals surface area contributed by atoms with Crippen LogP contribution in [0, 0.1) is 11.3 Å². The first kappa shape index (κ1) is 15.0. The summed E-state index contributed by atoms with van der Waals surface area (Å²) in [6.07, 6.45) is 0.929. The molecule has 0 aromatic heterocycles. The van der Waals surface area contributed by atoms with Crippen molar-refractivity contribution in [3.63, 3.8) is 0 Å². The molecule has 1 aromatic rings. The van der Waals surface area contributed by atoms with Gasteiger partial charge in [-0.2, -0.15) is 5.26 Å². The summed E-state index contributed by atoms with van der Waals surface area (Å²) in [4.78, 5) is 11.4. The van der Waals surface area contributed by atoms with Crippen molar-refractivity contribution in [2.75, 3.05) is 20.2 Å². The molecule has 102 valence electrons. The second-order valence-electron chi connectivity index (χ2n) is 4.10. The second-order valence-corrected chi connectivity index (χ2v) is 4.10. The van der Waals surface area contributed by atoms with Crippen LogP contribution in [0.5, 0.6) is 5.75 Å². The second kappa shape index (κ2) is 8.11. The highest BCUT2D eigenvalue weighted by Crippen LogP contribution is 2.18. The van der Waals surface area contributed by atoms with Gasteiger partial charge in [-0.1, -0.05) is 13.0 Å². The Morgan fingerprint density at radius 2 is 2.26 bits per heavy atom. The number of amides is 1. The summed E-state index contributed by atoms with van der Waals surface area (Å²) in [7, 11) is 1.53. The molecule has 0 atom stereocenters. The fourth-order valence-corrected chi connectivity index (χ4v) is 1.59. The molecule has 0 saturated carbocycles. The highest BCUT2D eigenvalue weighted by Gasteiger charge is 2.04. The molecule has 0 aliphatic rings. The number of benzene rings is 1. The molecule has 0 saturated heterocycles. The number of carbonyl (C=O) groups is 1. The molecule has 1 amide bonds. The predicted molar refractivity (Wildman–Crippen MR) is 72.7 cm³/mol. The first-order valence-corrected chi connectivity index (χ1v) is 6.25. The fraction of sp³-hybridized carbons (Fsp3) is 0.429. The van der Waals surface area contributed by atoms with E-state index >= 15 is 0 Å². The number of nitriles is 1. The molecule has 0 aliphatic carbocycles. The van der Waals surface area contributed by atoms with E-state index in [0.717, 1.165) is 12.0 Å². The highest BCUT2D eigenvalue weighted by atomic mass is 16.5. The van der Waals surface area contributed by atoms with Gasteiger partial charge in [0.1, 0.15) is 11.8 Å². The van der Waals surface area contributed by atoms with Crippen LogP contribution in [-0.4, -0.2) is 26.1 Å². The number of nitrogens with one attached hydrogen (secondary N) is 2. The summed E-state index contributed by atoms with van der Waals surface area (Å²) in [6.45, 7) is 3.55. The first-order chi connectivity index (χ1) is 9.21. The van der Waals surface area contributed by atoms with Gasteiger partial charge < -0.3 is 15.4 Å². The quantitative estimate of drug-likeness (QED) is 0.773. The van der Waals surface area contributed by atoms with Crippen LogP contribution in [-0.2, 0) is 11.3 Å². The minimum Gasteiger partial charge on any atom is -0.495 e. The Hall–Kier alpha value is -2.06. The molecule has 1 rings (SSSR count). The third-order valence-corrected chi connectivity index (χ3v) is 2.57. The zero-order valence-corrected chi connectivity index (χ0v) is 11.3. The van der Waals surface area contributed by atoms with Gasteiger partial charge in [-0.25, -0.2) is 0 Å². The molecule has 5 nitrogen and oxygen atoms in total. The molecule has 5 heteroatoms. The number of nitrogens with zero attached hydrogens (tertiary/aromatic N) is 1. The third kappa shape index (κ3) is 4.98. The lowest BCUT2D eigenvalue weighted by molar-refractivity contribution is -0.120. The van der Waals surface area contributed by atoms with Gasteiger partial charge in [0.15, 0.2) is 0 Å². The zero-order chi connectivity index (χ0) is 14.1. The zero-order valence-electron chi connectivity index (χ0n) is 11.3. The van der Waals surface area contributed by atoms with Gasteiger partial charge in [-0.15, -0.1) is 0 Å². The van der Waals surface area contributed by atoms with Crippen molar-refractivity contribution in [2.24, 2.45) is 0 Å². The van der Waals surface area contributed by atoms with Gasteiger partial charge in [-0.3, -0.25) is 4.79 Å². The normalized spacial score (nSPS) is 9.74. The maximum atomic E-state index is 11.4. The molecule has 19 heavy (non-hydrogen) atoms. The number of hydrogen-bond donors (Lipinski definition) is 2. The van der Waals surface area contributed by atoms with Crippen molar-refractivity contribution in [3.8, 4) is 11.8 Å². The predicted octanol–water partition coefficient (Wildman–Crippen LogP) is 1.18. The van der Waals surface area contributed by atoms with E-state index in [9.17, 15) is 4.79 Å². The van der Waals surface area contributed by atoms with Crippen LogP contribution in [0.4, 0.5) is 0 Å². The van der Waals surface area contributed by atoms with Crippen molar-refractivity contribution in [2.45, 2.75) is 19.9 Å². The number of methoxy groups -OCH3 is 1. The number of hydrogen-bond acceptors (Lipinski definition) is 4. The smallest absolute Gasteiger partial charge is 0.233 e. The first-order valence-electron chi connectivity index (χ1n) is 6.25. The molecule has 0 heterocycles. The Morgan fingerprint density at radius 1 is 1.47 bits per heavy atom. The number of ether oxygens (including phenoxy) is 1. The summed E-state index contributed by atoms with van der Waals surface area (Å²) in [5, 5.41) is 14.7. The van der Waals surface area contributed by atoms with Crippen LogP contribution in [0.15, 0.2) is 18.2 Å². The maximum Gasteiger partial charge on any atom is 0.233 e. The minimum atomic E-state index is -0.0116. The lowest BCUT2D eigenvalue weighted by atomic mass is 10.1. The van der Waals surface area contributed by atoms with E-state index in [4.69, 9.17) is 10.00 Å². The fourth-order valence-electron chi connectivity index (χ4n) is 1.59. The van der Waals surface area contributed by atoms with E-state index in [-0.39, 0.29) is 12.5 Å². The van der Waals surface area contributed by atoms with Crippen molar-refractivity contribution >= 4 is 5.91 Å². The molecule has 0 radical (unpaired) electrons. The monoisotopic (exact) mass is 261 g/mol. The largest absolute Gasteiger partial charge is 0.495 e. The van der Waals surface area contributed by atoms with Crippen LogP contribution < -0.4 is 15.4 Å². The van der Waals surface area contributed by atoms with Gasteiger partial charge in [0.25, 0.3) is 0 Å². The minimum absolute atomic E-state index is 0.0116. The Morgan fingerprint density at radius 3 is 2.89 bits per heavy atom. The Kier molecular flexibility index (Phi) is 6.41. The van der Waals surface area contributed by atoms with Crippen LogP contribution in [0.25, 0.3) is 0 Å². The topological polar surface area (TPSA) is 74.2 Å². The molecule has 0 aliphatic heterocycles. The molecule has 0 unspecified atom stereocenters. The summed E-state index contributed by atoms with van der Waals surface area (Å²) in [6, 6.07) is 7.42. The van der Waals surface area contributed by atoms with E-state index in [2.05, 4.69) is 16.7 Å². The SMILES string of the molecule is CCCNC(=O)CNCc1ccc(C#N)c(OC)c1. The van der Waals surface area contributed by atoms with E-state index in [1.165, 1.54) is 7.11 Å². The van der Waals surface area contributed by atoms with Crippen LogP contribution in [0.1, 0.15) is 24.5 Å². The van der Waals surface area contributed by atoms with E-state index in [1.807, 2.05) is 13.0 Å².